The zero-order chi connectivity index (χ0) is 17.3. The van der Waals surface area contributed by atoms with Gasteiger partial charge in [-0.3, -0.25) is 0 Å². The van der Waals surface area contributed by atoms with Gasteiger partial charge in [0.15, 0.2) is 0 Å². The second-order valence-corrected chi connectivity index (χ2v) is 8.47. The topological polar surface area (TPSA) is 49.4 Å². The first-order chi connectivity index (χ1) is 10.8. The SMILES string of the molecule is CCCCN(CCCC)CC(C)(C)NS(=O)(=O)c1ccccc1. The van der Waals surface area contributed by atoms with Gasteiger partial charge in [-0.15, -0.1) is 0 Å². The van der Waals surface area contributed by atoms with Gasteiger partial charge in [0, 0.05) is 12.1 Å². The van der Waals surface area contributed by atoms with Crippen LogP contribution in [0.5, 0.6) is 0 Å². The molecular weight excluding hydrogens is 308 g/mol. The summed E-state index contributed by atoms with van der Waals surface area (Å²) in [5, 5.41) is 0. The van der Waals surface area contributed by atoms with Crippen LogP contribution in [0, 0.1) is 0 Å². The number of benzene rings is 1. The minimum atomic E-state index is -3.48. The van der Waals surface area contributed by atoms with E-state index in [1.54, 1.807) is 24.3 Å². The summed E-state index contributed by atoms with van der Waals surface area (Å²) in [6, 6.07) is 8.57. The van der Waals surface area contributed by atoms with E-state index in [1.165, 1.54) is 0 Å². The van der Waals surface area contributed by atoms with Gasteiger partial charge in [-0.05, 0) is 51.9 Å². The highest BCUT2D eigenvalue weighted by atomic mass is 32.2. The molecule has 23 heavy (non-hydrogen) atoms. The average molecular weight is 341 g/mol. The van der Waals surface area contributed by atoms with E-state index in [1.807, 2.05) is 19.9 Å². The zero-order valence-electron chi connectivity index (χ0n) is 15.0. The van der Waals surface area contributed by atoms with Crippen molar-refractivity contribution in [2.45, 2.75) is 63.8 Å². The Bertz CT molecular complexity index is 533. The molecule has 1 aromatic carbocycles. The van der Waals surface area contributed by atoms with E-state index < -0.39 is 15.6 Å². The summed E-state index contributed by atoms with van der Waals surface area (Å²) < 4.78 is 27.9. The minimum absolute atomic E-state index is 0.321. The third-order valence-electron chi connectivity index (χ3n) is 3.74. The lowest BCUT2D eigenvalue weighted by Gasteiger charge is -2.33. The standard InChI is InChI=1S/C18H32N2O2S/c1-5-7-14-20(15-8-6-2)16-18(3,4)19-23(21,22)17-12-10-9-11-13-17/h9-13,19H,5-8,14-16H2,1-4H3. The molecule has 0 heterocycles. The number of nitrogens with one attached hydrogen (secondary N) is 1. The third-order valence-corrected chi connectivity index (χ3v) is 5.45. The molecule has 5 heteroatoms. The molecule has 0 saturated heterocycles. The van der Waals surface area contributed by atoms with Crippen LogP contribution in [0.1, 0.15) is 53.4 Å². The zero-order valence-corrected chi connectivity index (χ0v) is 15.8. The molecule has 1 rings (SSSR count). The molecule has 0 bridgehead atoms. The molecule has 0 aliphatic rings. The summed E-state index contributed by atoms with van der Waals surface area (Å²) >= 11 is 0. The van der Waals surface area contributed by atoms with Crippen molar-refractivity contribution in [2.24, 2.45) is 0 Å². The maximum absolute atomic E-state index is 12.5. The van der Waals surface area contributed by atoms with Gasteiger partial charge in [0.05, 0.1) is 4.90 Å². The van der Waals surface area contributed by atoms with Gasteiger partial charge in [0.2, 0.25) is 10.0 Å². The normalized spacial score (nSPS) is 12.7. The van der Waals surface area contributed by atoms with E-state index >= 15 is 0 Å². The first-order valence-electron chi connectivity index (χ1n) is 8.62. The molecule has 132 valence electrons. The van der Waals surface area contributed by atoms with Crippen LogP contribution in [0.4, 0.5) is 0 Å². The van der Waals surface area contributed by atoms with Gasteiger partial charge >= 0.3 is 0 Å². The second-order valence-electron chi connectivity index (χ2n) is 6.79. The van der Waals surface area contributed by atoms with Crippen molar-refractivity contribution in [1.82, 2.24) is 9.62 Å². The number of rotatable bonds is 11. The number of hydrogen-bond donors (Lipinski definition) is 1. The molecule has 0 amide bonds. The summed E-state index contributed by atoms with van der Waals surface area (Å²) in [6.45, 7) is 11.0. The lowest BCUT2D eigenvalue weighted by Crippen LogP contribution is -2.51. The Morgan fingerprint density at radius 3 is 2.00 bits per heavy atom. The third kappa shape index (κ3) is 7.46. The fourth-order valence-electron chi connectivity index (χ4n) is 2.65. The number of nitrogens with zero attached hydrogens (tertiary/aromatic N) is 1. The monoisotopic (exact) mass is 340 g/mol. The fraction of sp³-hybridized carbons (Fsp3) is 0.667. The van der Waals surface area contributed by atoms with E-state index in [0.29, 0.717) is 4.90 Å². The van der Waals surface area contributed by atoms with Crippen LogP contribution in [0.2, 0.25) is 0 Å². The molecule has 1 aromatic rings. The van der Waals surface area contributed by atoms with Crippen molar-refractivity contribution < 1.29 is 8.42 Å². The van der Waals surface area contributed by atoms with Crippen LogP contribution in [0.15, 0.2) is 35.2 Å². The van der Waals surface area contributed by atoms with Crippen LogP contribution in [0.25, 0.3) is 0 Å². The summed E-state index contributed by atoms with van der Waals surface area (Å²) in [6.07, 6.45) is 4.59. The fourth-order valence-corrected chi connectivity index (χ4v) is 4.07. The van der Waals surface area contributed by atoms with E-state index in [4.69, 9.17) is 0 Å². The van der Waals surface area contributed by atoms with Crippen molar-refractivity contribution in [2.75, 3.05) is 19.6 Å². The quantitative estimate of drug-likeness (QED) is 0.669. The molecule has 0 atom stereocenters. The van der Waals surface area contributed by atoms with Gasteiger partial charge in [0.25, 0.3) is 0 Å². The minimum Gasteiger partial charge on any atom is -0.301 e. The summed E-state index contributed by atoms with van der Waals surface area (Å²) in [5.41, 5.74) is -0.504. The van der Waals surface area contributed by atoms with Gasteiger partial charge in [-0.1, -0.05) is 44.9 Å². The first kappa shape index (κ1) is 20.1. The molecular formula is C18H32N2O2S. The molecule has 0 saturated carbocycles. The highest BCUT2D eigenvalue weighted by Gasteiger charge is 2.28. The molecule has 1 N–H and O–H groups in total. The predicted octanol–water partition coefficient (Wildman–Crippen LogP) is 3.65. The average Bonchev–Trinajstić information content (AvgIpc) is 2.49. The van der Waals surface area contributed by atoms with Crippen LogP contribution in [0.3, 0.4) is 0 Å². The van der Waals surface area contributed by atoms with Crippen LogP contribution in [-0.2, 0) is 10.0 Å². The van der Waals surface area contributed by atoms with Crippen molar-refractivity contribution in [3.8, 4) is 0 Å². The van der Waals surface area contributed by atoms with Crippen molar-refractivity contribution >= 4 is 10.0 Å². The Balaban J connectivity index is 2.75. The Kier molecular flexibility index (Phi) is 8.23. The highest BCUT2D eigenvalue weighted by Crippen LogP contribution is 2.15. The van der Waals surface area contributed by atoms with Gasteiger partial charge in [-0.25, -0.2) is 13.1 Å². The smallest absolute Gasteiger partial charge is 0.241 e. The largest absolute Gasteiger partial charge is 0.301 e. The van der Waals surface area contributed by atoms with Gasteiger partial charge in [-0.2, -0.15) is 0 Å². The molecule has 0 aromatic heterocycles. The Hall–Kier alpha value is -0.910. The second kappa shape index (κ2) is 9.40. The van der Waals surface area contributed by atoms with Crippen LogP contribution < -0.4 is 4.72 Å². The summed E-state index contributed by atoms with van der Waals surface area (Å²) in [7, 11) is -3.48. The molecule has 4 nitrogen and oxygen atoms in total. The molecule has 0 aliphatic heterocycles. The number of sulfonamides is 1. The van der Waals surface area contributed by atoms with Crippen LogP contribution in [-0.4, -0.2) is 38.5 Å². The maximum atomic E-state index is 12.5. The van der Waals surface area contributed by atoms with Crippen molar-refractivity contribution in [3.63, 3.8) is 0 Å². The van der Waals surface area contributed by atoms with E-state index in [0.717, 1.165) is 45.3 Å². The van der Waals surface area contributed by atoms with Crippen molar-refractivity contribution in [3.05, 3.63) is 30.3 Å². The molecule has 0 fully saturated rings. The van der Waals surface area contributed by atoms with E-state index in [2.05, 4.69) is 23.5 Å². The van der Waals surface area contributed by atoms with Gasteiger partial charge < -0.3 is 4.90 Å². The Morgan fingerprint density at radius 1 is 1.00 bits per heavy atom. The van der Waals surface area contributed by atoms with Crippen LogP contribution >= 0.6 is 0 Å². The molecule has 0 unspecified atom stereocenters. The highest BCUT2D eigenvalue weighted by molar-refractivity contribution is 7.89. The maximum Gasteiger partial charge on any atom is 0.241 e. The van der Waals surface area contributed by atoms with E-state index in [-0.39, 0.29) is 0 Å². The summed E-state index contributed by atoms with van der Waals surface area (Å²) in [4.78, 5) is 2.70. The number of unbranched alkanes of at least 4 members (excludes halogenated alkanes) is 2. The lowest BCUT2D eigenvalue weighted by atomic mass is 10.1. The molecule has 0 spiro atoms. The number of hydrogen-bond acceptors (Lipinski definition) is 3. The molecule has 0 aliphatic carbocycles. The van der Waals surface area contributed by atoms with E-state index in [9.17, 15) is 8.42 Å². The summed E-state index contributed by atoms with van der Waals surface area (Å²) in [5.74, 6) is 0. The molecule has 0 radical (unpaired) electrons. The van der Waals surface area contributed by atoms with Gasteiger partial charge in [0.1, 0.15) is 0 Å². The predicted molar refractivity (Wildman–Crippen MR) is 97.1 cm³/mol. The lowest BCUT2D eigenvalue weighted by molar-refractivity contribution is 0.210. The Labute approximate surface area is 142 Å². The first-order valence-corrected chi connectivity index (χ1v) is 10.1. The Morgan fingerprint density at radius 2 is 1.52 bits per heavy atom. The van der Waals surface area contributed by atoms with Crippen molar-refractivity contribution in [1.29, 1.82) is 0 Å².